The zero-order valence-electron chi connectivity index (χ0n) is 14.4. The van der Waals surface area contributed by atoms with Crippen LogP contribution in [0.2, 0.25) is 0 Å². The van der Waals surface area contributed by atoms with Crippen molar-refractivity contribution in [3.63, 3.8) is 0 Å². The molecular formula is C21H19NO4. The van der Waals surface area contributed by atoms with Gasteiger partial charge in [0, 0.05) is 6.20 Å². The van der Waals surface area contributed by atoms with Crippen LogP contribution in [0.15, 0.2) is 73.1 Å². The van der Waals surface area contributed by atoms with Gasteiger partial charge in [0.15, 0.2) is 0 Å². The van der Waals surface area contributed by atoms with Crippen molar-refractivity contribution in [1.82, 2.24) is 4.98 Å². The molecule has 0 spiro atoms. The zero-order chi connectivity index (χ0) is 18.2. The fourth-order valence-electron chi connectivity index (χ4n) is 2.34. The molecule has 26 heavy (non-hydrogen) atoms. The summed E-state index contributed by atoms with van der Waals surface area (Å²) < 4.78 is 16.7. The van der Waals surface area contributed by atoms with Crippen molar-refractivity contribution in [2.24, 2.45) is 0 Å². The summed E-state index contributed by atoms with van der Waals surface area (Å²) in [6.45, 7) is 2.39. The largest absolute Gasteiger partial charge is 0.490 e. The molecule has 1 heterocycles. The van der Waals surface area contributed by atoms with Gasteiger partial charge in [-0.2, -0.15) is 0 Å². The molecule has 5 nitrogen and oxygen atoms in total. The number of benzene rings is 2. The van der Waals surface area contributed by atoms with Crippen molar-refractivity contribution in [2.75, 3.05) is 13.2 Å². The van der Waals surface area contributed by atoms with Crippen molar-refractivity contribution >= 4 is 5.97 Å². The predicted molar refractivity (Wildman–Crippen MR) is 97.7 cm³/mol. The maximum atomic E-state index is 12.4. The number of hydrogen-bond acceptors (Lipinski definition) is 5. The van der Waals surface area contributed by atoms with E-state index in [1.165, 1.54) is 0 Å². The van der Waals surface area contributed by atoms with Crippen molar-refractivity contribution in [1.29, 1.82) is 0 Å². The molecule has 0 unspecified atom stereocenters. The van der Waals surface area contributed by atoms with Gasteiger partial charge in [-0.05, 0) is 42.8 Å². The third-order valence-corrected chi connectivity index (χ3v) is 3.64. The molecule has 3 rings (SSSR count). The highest BCUT2D eigenvalue weighted by Crippen LogP contribution is 2.25. The Morgan fingerprint density at radius 3 is 2.46 bits per heavy atom. The van der Waals surface area contributed by atoms with Crippen molar-refractivity contribution in [3.8, 4) is 17.2 Å². The molecule has 0 saturated heterocycles. The number of aromatic nitrogens is 1. The molecule has 0 saturated carbocycles. The van der Waals surface area contributed by atoms with Gasteiger partial charge in [-0.15, -0.1) is 0 Å². The number of nitrogens with zero attached hydrogens (tertiary/aromatic N) is 1. The van der Waals surface area contributed by atoms with Crippen molar-refractivity contribution in [2.45, 2.75) is 6.92 Å². The average molecular weight is 349 g/mol. The first-order chi connectivity index (χ1) is 12.7. The van der Waals surface area contributed by atoms with Crippen LogP contribution in [0.25, 0.3) is 0 Å². The van der Waals surface area contributed by atoms with Crippen molar-refractivity contribution < 1.29 is 19.0 Å². The van der Waals surface area contributed by atoms with Gasteiger partial charge in [0.1, 0.15) is 36.0 Å². The van der Waals surface area contributed by atoms with Gasteiger partial charge in [0.05, 0.1) is 6.20 Å². The van der Waals surface area contributed by atoms with E-state index in [-0.39, 0.29) is 13.2 Å². The second kappa shape index (κ2) is 8.67. The summed E-state index contributed by atoms with van der Waals surface area (Å²) in [4.78, 5) is 16.4. The van der Waals surface area contributed by atoms with Gasteiger partial charge >= 0.3 is 5.97 Å². The van der Waals surface area contributed by atoms with Gasteiger partial charge in [0.25, 0.3) is 0 Å². The third-order valence-electron chi connectivity index (χ3n) is 3.64. The number of carbonyl (C=O) groups excluding carboxylic acids is 1. The Morgan fingerprint density at radius 1 is 0.923 bits per heavy atom. The summed E-state index contributed by atoms with van der Waals surface area (Å²) in [6.07, 6.45) is 3.24. The lowest BCUT2D eigenvalue weighted by Gasteiger charge is -2.12. The first kappa shape index (κ1) is 17.5. The maximum Gasteiger partial charge on any atom is 0.342 e. The lowest BCUT2D eigenvalue weighted by Crippen LogP contribution is -2.13. The fourth-order valence-corrected chi connectivity index (χ4v) is 2.34. The Bertz CT molecular complexity index is 865. The number of para-hydroxylation sites is 2. The van der Waals surface area contributed by atoms with Gasteiger partial charge in [-0.3, -0.25) is 4.98 Å². The summed E-state index contributed by atoms with van der Waals surface area (Å²) in [5, 5.41) is 0. The summed E-state index contributed by atoms with van der Waals surface area (Å²) in [5.74, 6) is 1.29. The Kier molecular flexibility index (Phi) is 5.83. The zero-order valence-corrected chi connectivity index (χ0v) is 14.4. The highest BCUT2D eigenvalue weighted by molar-refractivity contribution is 5.92. The van der Waals surface area contributed by atoms with E-state index >= 15 is 0 Å². The van der Waals surface area contributed by atoms with Gasteiger partial charge in [-0.1, -0.05) is 30.3 Å². The number of esters is 1. The second-order valence-corrected chi connectivity index (χ2v) is 5.54. The lowest BCUT2D eigenvalue weighted by molar-refractivity contribution is 0.0447. The van der Waals surface area contributed by atoms with Crippen LogP contribution in [-0.2, 0) is 4.74 Å². The minimum absolute atomic E-state index is 0.147. The van der Waals surface area contributed by atoms with Gasteiger partial charge in [0.2, 0.25) is 0 Å². The van der Waals surface area contributed by atoms with Gasteiger partial charge in [-0.25, -0.2) is 4.79 Å². The van der Waals surface area contributed by atoms with E-state index in [1.54, 1.807) is 48.8 Å². The Morgan fingerprint density at radius 2 is 1.69 bits per heavy atom. The van der Waals surface area contributed by atoms with E-state index < -0.39 is 5.97 Å². The van der Waals surface area contributed by atoms with Crippen LogP contribution < -0.4 is 9.47 Å². The molecule has 5 heteroatoms. The fraction of sp³-hybridized carbons (Fsp3) is 0.143. The van der Waals surface area contributed by atoms with Crippen LogP contribution in [0, 0.1) is 6.92 Å². The molecule has 0 aliphatic carbocycles. The first-order valence-electron chi connectivity index (χ1n) is 8.26. The van der Waals surface area contributed by atoms with E-state index in [1.807, 2.05) is 31.2 Å². The topological polar surface area (TPSA) is 57.7 Å². The molecule has 2 aromatic carbocycles. The molecule has 0 fully saturated rings. The number of rotatable bonds is 7. The summed E-state index contributed by atoms with van der Waals surface area (Å²) in [5.41, 5.74) is 1.39. The third kappa shape index (κ3) is 4.60. The summed E-state index contributed by atoms with van der Waals surface area (Å²) in [7, 11) is 0. The lowest BCUT2D eigenvalue weighted by atomic mass is 10.2. The minimum Gasteiger partial charge on any atom is -0.490 e. The SMILES string of the molecule is Cc1ccccc1OCCOC(=O)c1ccccc1Oc1cccnc1. The molecular weight excluding hydrogens is 330 g/mol. The highest BCUT2D eigenvalue weighted by Gasteiger charge is 2.14. The number of ether oxygens (including phenoxy) is 3. The first-order valence-corrected chi connectivity index (χ1v) is 8.26. The molecule has 0 atom stereocenters. The highest BCUT2D eigenvalue weighted by atomic mass is 16.6. The van der Waals surface area contributed by atoms with Crippen LogP contribution in [-0.4, -0.2) is 24.2 Å². The van der Waals surface area contributed by atoms with Crippen LogP contribution in [0.5, 0.6) is 17.2 Å². The van der Waals surface area contributed by atoms with Crippen LogP contribution in [0.3, 0.4) is 0 Å². The standard InChI is InChI=1S/C21H19NO4/c1-16-7-2-4-10-19(16)24-13-14-25-21(23)18-9-3-5-11-20(18)26-17-8-6-12-22-15-17/h2-12,15H,13-14H2,1H3. The number of carbonyl (C=O) groups is 1. The Labute approximate surface area is 152 Å². The van der Waals surface area contributed by atoms with E-state index in [4.69, 9.17) is 14.2 Å². The second-order valence-electron chi connectivity index (χ2n) is 5.54. The average Bonchev–Trinajstić information content (AvgIpc) is 2.67. The molecule has 0 amide bonds. The van der Waals surface area contributed by atoms with E-state index in [0.717, 1.165) is 11.3 Å². The van der Waals surface area contributed by atoms with E-state index in [2.05, 4.69) is 4.98 Å². The molecule has 0 bridgehead atoms. The molecule has 0 aliphatic rings. The monoisotopic (exact) mass is 349 g/mol. The molecule has 0 N–H and O–H groups in total. The smallest absolute Gasteiger partial charge is 0.342 e. The number of hydrogen-bond donors (Lipinski definition) is 0. The predicted octanol–water partition coefficient (Wildman–Crippen LogP) is 4.42. The van der Waals surface area contributed by atoms with Crippen LogP contribution in [0.4, 0.5) is 0 Å². The van der Waals surface area contributed by atoms with Gasteiger partial charge < -0.3 is 14.2 Å². The number of pyridine rings is 1. The van der Waals surface area contributed by atoms with Crippen LogP contribution in [0.1, 0.15) is 15.9 Å². The van der Waals surface area contributed by atoms with E-state index in [9.17, 15) is 4.79 Å². The normalized spacial score (nSPS) is 10.2. The molecule has 0 aliphatic heterocycles. The molecule has 3 aromatic rings. The quantitative estimate of drug-likeness (QED) is 0.467. The molecule has 1 aromatic heterocycles. The minimum atomic E-state index is -0.460. The molecule has 0 radical (unpaired) electrons. The number of aryl methyl sites for hydroxylation is 1. The summed E-state index contributed by atoms with van der Waals surface area (Å²) >= 11 is 0. The van der Waals surface area contributed by atoms with Crippen molar-refractivity contribution in [3.05, 3.63) is 84.2 Å². The molecule has 132 valence electrons. The Balaban J connectivity index is 1.57. The van der Waals surface area contributed by atoms with Crippen LogP contribution >= 0.6 is 0 Å². The van der Waals surface area contributed by atoms with E-state index in [0.29, 0.717) is 17.1 Å². The Hall–Kier alpha value is -3.34. The maximum absolute atomic E-state index is 12.4. The summed E-state index contributed by atoms with van der Waals surface area (Å²) in [6, 6.07) is 18.2.